The maximum absolute atomic E-state index is 14.4. The molecular weight excluding hydrogens is 535 g/mol. The molecule has 0 bridgehead atoms. The van der Waals surface area contributed by atoms with E-state index in [2.05, 4.69) is 52.0 Å². The van der Waals surface area contributed by atoms with Gasteiger partial charge < -0.3 is 5.11 Å². The van der Waals surface area contributed by atoms with Gasteiger partial charge in [0.25, 0.3) is 11.8 Å². The molecule has 0 saturated carbocycles. The Labute approximate surface area is 242 Å². The van der Waals surface area contributed by atoms with Crippen molar-refractivity contribution in [1.82, 2.24) is 0 Å². The first-order valence-corrected chi connectivity index (χ1v) is 14.9. The van der Waals surface area contributed by atoms with Gasteiger partial charge in [-0.25, -0.2) is 4.90 Å². The van der Waals surface area contributed by atoms with E-state index in [1.54, 1.807) is 41.7 Å². The smallest absolute Gasteiger partial charge is 0.266 e. The molecule has 2 unspecified atom stereocenters. The lowest BCUT2D eigenvalue weighted by Crippen LogP contribution is -2.48. The fourth-order valence-electron chi connectivity index (χ4n) is 6.73. The quantitative estimate of drug-likeness (QED) is 0.332. The van der Waals surface area contributed by atoms with Crippen molar-refractivity contribution in [3.8, 4) is 5.75 Å². The number of para-hydroxylation sites is 2. The molecule has 3 aromatic carbocycles. The molecule has 6 heteroatoms. The number of carbonyl (C=O) groups excluding carboxylic acids is 2. The van der Waals surface area contributed by atoms with Crippen molar-refractivity contribution in [2.45, 2.75) is 37.2 Å². The summed E-state index contributed by atoms with van der Waals surface area (Å²) in [6.07, 6.45) is 0. The van der Waals surface area contributed by atoms with Gasteiger partial charge in [-0.05, 0) is 73.2 Å². The molecule has 1 aliphatic carbocycles. The molecule has 3 heterocycles. The van der Waals surface area contributed by atoms with E-state index in [1.165, 1.54) is 11.0 Å². The van der Waals surface area contributed by atoms with Gasteiger partial charge in [0.1, 0.15) is 5.75 Å². The third kappa shape index (κ3) is 3.12. The van der Waals surface area contributed by atoms with Crippen molar-refractivity contribution in [2.24, 2.45) is 0 Å². The van der Waals surface area contributed by atoms with Crippen LogP contribution in [-0.4, -0.2) is 26.4 Å². The number of amides is 2. The number of hydrogen-bond donors (Lipinski definition) is 1. The van der Waals surface area contributed by atoms with E-state index in [0.29, 0.717) is 11.1 Å². The van der Waals surface area contributed by atoms with Crippen LogP contribution in [0.15, 0.2) is 118 Å². The number of benzene rings is 3. The van der Waals surface area contributed by atoms with Crippen LogP contribution in [-0.2, 0) is 9.59 Å². The van der Waals surface area contributed by atoms with E-state index in [4.69, 9.17) is 0 Å². The second-order valence-electron chi connectivity index (χ2n) is 10.8. The lowest BCUT2D eigenvalue weighted by molar-refractivity contribution is -0.119. The fraction of sp³-hybridized carbons (Fsp3) is 0.176. The molecule has 2 atom stereocenters. The predicted molar refractivity (Wildman–Crippen MR) is 165 cm³/mol. The second-order valence-corrected chi connectivity index (χ2v) is 13.7. The number of nitrogens with zero attached hydrogens (tertiary/aromatic N) is 1. The molecule has 0 aromatic heterocycles. The summed E-state index contributed by atoms with van der Waals surface area (Å²) in [6.45, 7) is 8.61. The highest BCUT2D eigenvalue weighted by Crippen LogP contribution is 2.72. The van der Waals surface area contributed by atoms with Crippen molar-refractivity contribution >= 4 is 50.8 Å². The van der Waals surface area contributed by atoms with Crippen LogP contribution in [0.4, 0.5) is 5.69 Å². The lowest BCUT2D eigenvalue weighted by atomic mass is 9.68. The monoisotopic (exact) mass is 561 g/mol. The molecule has 3 aliphatic heterocycles. The van der Waals surface area contributed by atoms with Gasteiger partial charge in [0.05, 0.1) is 26.3 Å². The first kappa shape index (κ1) is 25.2. The molecule has 1 saturated heterocycles. The van der Waals surface area contributed by atoms with Gasteiger partial charge in [0, 0.05) is 9.81 Å². The standard InChI is InChI=1S/C34H27NO3S2/c1-19-27-25-26(32(38)35(31(25)37)23-17-11-12-18-24(23)36)28-20(2)30(22-15-9-6-10-16-22)40-34(28,4)33(27,3)39-29(19)21-13-7-5-8-14-21/h5-18,36H,1-4H3. The summed E-state index contributed by atoms with van der Waals surface area (Å²) in [4.78, 5) is 32.2. The van der Waals surface area contributed by atoms with Crippen LogP contribution in [0.3, 0.4) is 0 Å². The number of anilines is 1. The van der Waals surface area contributed by atoms with Crippen LogP contribution < -0.4 is 4.90 Å². The summed E-state index contributed by atoms with van der Waals surface area (Å²) in [5.74, 6) is -0.851. The first-order valence-electron chi connectivity index (χ1n) is 13.3. The Bertz CT molecular complexity index is 1670. The zero-order valence-corrected chi connectivity index (χ0v) is 24.2. The highest BCUT2D eigenvalue weighted by Gasteiger charge is 2.65. The molecule has 0 spiro atoms. The number of phenolic OH excluding ortho intramolecular Hbond substituents is 1. The normalized spacial score (nSPS) is 25.8. The van der Waals surface area contributed by atoms with Crippen LogP contribution in [0.1, 0.15) is 38.8 Å². The number of phenols is 1. The van der Waals surface area contributed by atoms with Crippen molar-refractivity contribution in [1.29, 1.82) is 0 Å². The molecule has 7 rings (SSSR count). The number of aromatic hydroxyl groups is 1. The van der Waals surface area contributed by atoms with Crippen LogP contribution >= 0.6 is 23.5 Å². The molecule has 4 aliphatic rings. The largest absolute Gasteiger partial charge is 0.506 e. The van der Waals surface area contributed by atoms with Gasteiger partial charge in [0.2, 0.25) is 0 Å². The highest BCUT2D eigenvalue weighted by molar-refractivity contribution is 8.14. The van der Waals surface area contributed by atoms with Gasteiger partial charge in [-0.15, -0.1) is 23.5 Å². The third-order valence-corrected chi connectivity index (χ3v) is 12.3. The molecular formula is C34H27NO3S2. The maximum atomic E-state index is 14.4. The van der Waals surface area contributed by atoms with Crippen LogP contribution in [0.25, 0.3) is 9.81 Å². The summed E-state index contributed by atoms with van der Waals surface area (Å²) in [5.41, 5.74) is 7.24. The van der Waals surface area contributed by atoms with E-state index < -0.39 is 9.49 Å². The number of allylic oxidation sites excluding steroid dienone is 2. The summed E-state index contributed by atoms with van der Waals surface area (Å²) >= 11 is 3.59. The molecule has 0 radical (unpaired) electrons. The van der Waals surface area contributed by atoms with Crippen molar-refractivity contribution < 1.29 is 14.7 Å². The molecule has 4 nitrogen and oxygen atoms in total. The van der Waals surface area contributed by atoms with Crippen molar-refractivity contribution in [3.05, 3.63) is 129 Å². The van der Waals surface area contributed by atoms with Crippen LogP contribution in [0, 0.1) is 0 Å². The van der Waals surface area contributed by atoms with Crippen LogP contribution in [0.2, 0.25) is 0 Å². The molecule has 40 heavy (non-hydrogen) atoms. The SMILES string of the molecule is CC1=C(c2ccccc2)SC2(C)C1=C1C(=O)N(c3ccccc3O)C(=O)C1=C1C(C)=C(c3ccccc3)SC12C. The van der Waals surface area contributed by atoms with Gasteiger partial charge in [-0.2, -0.15) is 0 Å². The predicted octanol–water partition coefficient (Wildman–Crippen LogP) is 7.75. The Kier molecular flexibility index (Phi) is 5.44. The zero-order chi connectivity index (χ0) is 28.0. The van der Waals surface area contributed by atoms with Crippen LogP contribution in [0.5, 0.6) is 5.75 Å². The maximum Gasteiger partial charge on any atom is 0.266 e. The minimum Gasteiger partial charge on any atom is -0.506 e. The number of hydrogen-bond acceptors (Lipinski definition) is 5. The van der Waals surface area contributed by atoms with Gasteiger partial charge >= 0.3 is 0 Å². The lowest BCUT2D eigenvalue weighted by Gasteiger charge is -2.46. The number of rotatable bonds is 3. The summed E-state index contributed by atoms with van der Waals surface area (Å²) in [6, 6.07) is 27.1. The Morgan fingerprint density at radius 2 is 1.02 bits per heavy atom. The average Bonchev–Trinajstić information content (AvgIpc) is 3.50. The van der Waals surface area contributed by atoms with E-state index in [0.717, 1.165) is 43.2 Å². The number of thioether (sulfide) groups is 2. The molecule has 1 fully saturated rings. The Morgan fingerprint density at radius 1 is 0.625 bits per heavy atom. The molecule has 198 valence electrons. The van der Waals surface area contributed by atoms with E-state index in [-0.39, 0.29) is 23.3 Å². The number of fused-ring (bicyclic) bond motifs is 4. The van der Waals surface area contributed by atoms with E-state index in [9.17, 15) is 14.7 Å². The Morgan fingerprint density at radius 3 is 1.45 bits per heavy atom. The first-order chi connectivity index (χ1) is 19.2. The zero-order valence-electron chi connectivity index (χ0n) is 22.6. The Balaban J connectivity index is 1.56. The Hall–Kier alpha value is -3.74. The van der Waals surface area contributed by atoms with E-state index >= 15 is 0 Å². The fourth-order valence-corrected chi connectivity index (χ4v) is 10.1. The van der Waals surface area contributed by atoms with Crippen molar-refractivity contribution in [3.63, 3.8) is 0 Å². The number of imide groups is 1. The minimum atomic E-state index is -0.524. The molecule has 1 N–H and O–H groups in total. The van der Waals surface area contributed by atoms with Gasteiger partial charge in [-0.3, -0.25) is 9.59 Å². The third-order valence-electron chi connectivity index (χ3n) is 8.69. The topological polar surface area (TPSA) is 57.6 Å². The molecule has 2 amide bonds. The molecule has 3 aromatic rings. The number of carbonyl (C=O) groups is 2. The van der Waals surface area contributed by atoms with Crippen molar-refractivity contribution in [2.75, 3.05) is 4.90 Å². The summed E-state index contributed by atoms with van der Waals surface area (Å²) in [5, 5.41) is 10.7. The van der Waals surface area contributed by atoms with Gasteiger partial charge in [-0.1, -0.05) is 72.8 Å². The average molecular weight is 562 g/mol. The van der Waals surface area contributed by atoms with Gasteiger partial charge in [0.15, 0.2) is 0 Å². The summed E-state index contributed by atoms with van der Waals surface area (Å²) in [7, 11) is 0. The van der Waals surface area contributed by atoms with E-state index in [1.807, 2.05) is 36.4 Å². The second kappa shape index (κ2) is 8.63. The summed E-state index contributed by atoms with van der Waals surface area (Å²) < 4.78 is -1.05. The highest BCUT2D eigenvalue weighted by atomic mass is 32.2. The minimum absolute atomic E-state index is 0.0966.